The van der Waals surface area contributed by atoms with Crippen LogP contribution in [0.15, 0.2) is 41.2 Å². The zero-order chi connectivity index (χ0) is 19.8. The lowest BCUT2D eigenvalue weighted by Crippen LogP contribution is -2.39. The van der Waals surface area contributed by atoms with Crippen molar-refractivity contribution in [3.8, 4) is 11.5 Å². The maximum absolute atomic E-state index is 13.0. The molecule has 0 spiro atoms. The lowest BCUT2D eigenvalue weighted by atomic mass is 9.98. The molecule has 0 saturated carbocycles. The fraction of sp³-hybridized carbons (Fsp3) is 0.333. The van der Waals surface area contributed by atoms with Gasteiger partial charge in [-0.1, -0.05) is 12.1 Å². The van der Waals surface area contributed by atoms with E-state index in [4.69, 9.17) is 9.47 Å². The molecule has 0 atom stereocenters. The van der Waals surface area contributed by atoms with Gasteiger partial charge in [0.2, 0.25) is 5.91 Å². The topological polar surface area (TPSA) is 65.7 Å². The molecule has 2 heterocycles. The van der Waals surface area contributed by atoms with E-state index < -0.39 is 0 Å². The first kappa shape index (κ1) is 18.2. The minimum absolute atomic E-state index is 0.0306. The molecule has 28 heavy (non-hydrogen) atoms. The Balaban J connectivity index is 1.60. The molecule has 4 rings (SSSR count). The van der Waals surface area contributed by atoms with Gasteiger partial charge in [-0.05, 0) is 41.8 Å². The number of hydrogen-bond acceptors (Lipinski definition) is 4. The highest BCUT2D eigenvalue weighted by Crippen LogP contribution is 2.33. The Morgan fingerprint density at radius 3 is 2.36 bits per heavy atom. The zero-order valence-electron chi connectivity index (χ0n) is 16.3. The van der Waals surface area contributed by atoms with E-state index >= 15 is 0 Å². The van der Waals surface area contributed by atoms with Crippen LogP contribution in [0.4, 0.5) is 0 Å². The molecule has 1 amide bonds. The Hall–Kier alpha value is -3.22. The van der Waals surface area contributed by atoms with E-state index in [1.807, 2.05) is 36.4 Å². The average Bonchev–Trinajstić information content (AvgIpc) is 2.97. The maximum atomic E-state index is 13.0. The van der Waals surface area contributed by atoms with E-state index in [1.165, 1.54) is 0 Å². The number of hydrogen-bond donors (Lipinski definition) is 0. The fourth-order valence-corrected chi connectivity index (χ4v) is 3.85. The molecule has 0 N–H and O–H groups in total. The molecule has 7 heteroatoms. The standard InChI is InChI=1S/C21H23N3O4/c1-22-16-6-4-5-7-17(16)24(21(22)26)13-20(25)23-9-8-14-10-18(27-2)19(28-3)11-15(14)12-23/h4-7,10-11H,8-9,12-13H2,1-3H3. The minimum Gasteiger partial charge on any atom is -0.493 e. The number of carbonyl (C=O) groups is 1. The molecule has 2 aromatic carbocycles. The molecular weight excluding hydrogens is 358 g/mol. The van der Waals surface area contributed by atoms with Gasteiger partial charge < -0.3 is 14.4 Å². The summed E-state index contributed by atoms with van der Waals surface area (Å²) in [5.74, 6) is 1.28. The largest absolute Gasteiger partial charge is 0.493 e. The summed E-state index contributed by atoms with van der Waals surface area (Å²) in [6.45, 7) is 1.14. The van der Waals surface area contributed by atoms with Crippen molar-refractivity contribution in [2.24, 2.45) is 7.05 Å². The van der Waals surface area contributed by atoms with Gasteiger partial charge in [0, 0.05) is 20.1 Å². The second kappa shape index (κ2) is 7.07. The summed E-state index contributed by atoms with van der Waals surface area (Å²) in [4.78, 5) is 27.3. The van der Waals surface area contributed by atoms with Gasteiger partial charge in [0.05, 0.1) is 25.3 Å². The van der Waals surface area contributed by atoms with Gasteiger partial charge in [0.15, 0.2) is 11.5 Å². The normalized spacial score (nSPS) is 13.5. The van der Waals surface area contributed by atoms with Gasteiger partial charge in [0.1, 0.15) is 6.54 Å². The summed E-state index contributed by atoms with van der Waals surface area (Å²) >= 11 is 0. The summed E-state index contributed by atoms with van der Waals surface area (Å²) in [6, 6.07) is 11.4. The number of amides is 1. The predicted molar refractivity (Wildman–Crippen MR) is 106 cm³/mol. The molecule has 0 saturated heterocycles. The fourth-order valence-electron chi connectivity index (χ4n) is 3.85. The first-order valence-corrected chi connectivity index (χ1v) is 9.19. The highest BCUT2D eigenvalue weighted by atomic mass is 16.5. The summed E-state index contributed by atoms with van der Waals surface area (Å²) in [6.07, 6.45) is 0.742. The Kier molecular flexibility index (Phi) is 4.58. The van der Waals surface area contributed by atoms with Crippen molar-refractivity contribution in [3.63, 3.8) is 0 Å². The second-order valence-electron chi connectivity index (χ2n) is 6.96. The van der Waals surface area contributed by atoms with Gasteiger partial charge in [-0.2, -0.15) is 0 Å². The number of aryl methyl sites for hydroxylation is 1. The Bertz CT molecular complexity index is 1110. The van der Waals surface area contributed by atoms with Gasteiger partial charge in [-0.3, -0.25) is 13.9 Å². The average molecular weight is 381 g/mol. The lowest BCUT2D eigenvalue weighted by Gasteiger charge is -2.29. The third-order valence-electron chi connectivity index (χ3n) is 5.42. The smallest absolute Gasteiger partial charge is 0.329 e. The number of aromatic nitrogens is 2. The summed E-state index contributed by atoms with van der Waals surface area (Å²) in [5, 5.41) is 0. The van der Waals surface area contributed by atoms with Gasteiger partial charge in [-0.15, -0.1) is 0 Å². The van der Waals surface area contributed by atoms with Crippen LogP contribution >= 0.6 is 0 Å². The van der Waals surface area contributed by atoms with Gasteiger partial charge in [0.25, 0.3) is 0 Å². The molecule has 0 fully saturated rings. The van der Waals surface area contributed by atoms with E-state index in [0.717, 1.165) is 28.6 Å². The van der Waals surface area contributed by atoms with E-state index in [1.54, 1.807) is 35.3 Å². The van der Waals surface area contributed by atoms with Gasteiger partial charge in [-0.25, -0.2) is 4.79 Å². The number of benzene rings is 2. The summed E-state index contributed by atoms with van der Waals surface area (Å²) < 4.78 is 13.9. The van der Waals surface area contributed by atoms with Gasteiger partial charge >= 0.3 is 5.69 Å². The number of para-hydroxylation sites is 2. The third-order valence-corrected chi connectivity index (χ3v) is 5.42. The Labute approximate surface area is 162 Å². The van der Waals surface area contributed by atoms with Crippen LogP contribution in [0.3, 0.4) is 0 Å². The molecule has 1 aliphatic rings. The van der Waals surface area contributed by atoms with Crippen molar-refractivity contribution in [2.75, 3.05) is 20.8 Å². The van der Waals surface area contributed by atoms with Crippen molar-refractivity contribution < 1.29 is 14.3 Å². The SMILES string of the molecule is COc1cc2c(cc1OC)CN(C(=O)Cn1c(=O)n(C)c3ccccc31)CC2. The minimum atomic E-state index is -0.182. The number of imidazole rings is 1. The maximum Gasteiger partial charge on any atom is 0.329 e. The van der Waals surface area contributed by atoms with Crippen molar-refractivity contribution >= 4 is 16.9 Å². The molecule has 0 bridgehead atoms. The summed E-state index contributed by atoms with van der Waals surface area (Å²) in [7, 11) is 4.94. The van der Waals surface area contributed by atoms with Crippen LogP contribution in [-0.4, -0.2) is 40.7 Å². The number of carbonyl (C=O) groups excluding carboxylic acids is 1. The van der Waals surface area contributed by atoms with E-state index in [9.17, 15) is 9.59 Å². The van der Waals surface area contributed by atoms with E-state index in [2.05, 4.69) is 0 Å². The molecule has 1 aliphatic heterocycles. The second-order valence-corrected chi connectivity index (χ2v) is 6.96. The first-order chi connectivity index (χ1) is 13.5. The molecule has 1 aromatic heterocycles. The van der Waals surface area contributed by atoms with Crippen LogP contribution in [0, 0.1) is 0 Å². The molecule has 0 aliphatic carbocycles. The van der Waals surface area contributed by atoms with Crippen molar-refractivity contribution in [1.82, 2.24) is 14.0 Å². The van der Waals surface area contributed by atoms with Crippen LogP contribution in [0.25, 0.3) is 11.0 Å². The quantitative estimate of drug-likeness (QED) is 0.693. The lowest BCUT2D eigenvalue weighted by molar-refractivity contribution is -0.132. The third kappa shape index (κ3) is 2.93. The summed E-state index contributed by atoms with van der Waals surface area (Å²) in [5.41, 5.74) is 3.61. The van der Waals surface area contributed by atoms with E-state index in [0.29, 0.717) is 24.6 Å². The van der Waals surface area contributed by atoms with Crippen molar-refractivity contribution in [3.05, 3.63) is 58.0 Å². The first-order valence-electron chi connectivity index (χ1n) is 9.19. The Morgan fingerprint density at radius 2 is 1.68 bits per heavy atom. The molecular formula is C21H23N3O4. The zero-order valence-corrected chi connectivity index (χ0v) is 16.3. The molecule has 0 unspecified atom stereocenters. The monoisotopic (exact) mass is 381 g/mol. The van der Waals surface area contributed by atoms with Crippen LogP contribution in [0.1, 0.15) is 11.1 Å². The van der Waals surface area contributed by atoms with Crippen molar-refractivity contribution in [1.29, 1.82) is 0 Å². The number of ether oxygens (including phenoxy) is 2. The van der Waals surface area contributed by atoms with E-state index in [-0.39, 0.29) is 18.1 Å². The van der Waals surface area contributed by atoms with Crippen molar-refractivity contribution in [2.45, 2.75) is 19.5 Å². The Morgan fingerprint density at radius 1 is 1.04 bits per heavy atom. The highest BCUT2D eigenvalue weighted by Gasteiger charge is 2.24. The molecule has 3 aromatic rings. The predicted octanol–water partition coefficient (Wildman–Crippen LogP) is 1.94. The van der Waals surface area contributed by atoms with Crippen LogP contribution in [0.5, 0.6) is 11.5 Å². The molecule has 146 valence electrons. The van der Waals surface area contributed by atoms with Crippen LogP contribution in [0.2, 0.25) is 0 Å². The number of rotatable bonds is 4. The molecule has 0 radical (unpaired) electrons. The molecule has 7 nitrogen and oxygen atoms in total. The van der Waals surface area contributed by atoms with Crippen LogP contribution in [-0.2, 0) is 31.4 Å². The number of methoxy groups -OCH3 is 2. The number of nitrogens with zero attached hydrogens (tertiary/aromatic N) is 3. The van der Waals surface area contributed by atoms with Crippen LogP contribution < -0.4 is 15.2 Å². The number of fused-ring (bicyclic) bond motifs is 2. The highest BCUT2D eigenvalue weighted by molar-refractivity contribution is 5.81.